The Kier molecular flexibility index (Phi) is 4.00. The lowest BCUT2D eigenvalue weighted by molar-refractivity contribution is -0.154. The molecule has 3 fully saturated rings. The summed E-state index contributed by atoms with van der Waals surface area (Å²) in [4.78, 5) is 18.2. The van der Waals surface area contributed by atoms with Crippen molar-refractivity contribution >= 4 is 11.7 Å². The first-order chi connectivity index (χ1) is 13.5. The van der Waals surface area contributed by atoms with E-state index < -0.39 is 0 Å². The molecule has 1 aromatic rings. The molecule has 0 aromatic heterocycles. The van der Waals surface area contributed by atoms with Crippen molar-refractivity contribution in [3.8, 4) is 5.75 Å². The highest BCUT2D eigenvalue weighted by Gasteiger charge is 2.70. The molecule has 0 unspecified atom stereocenters. The molecule has 1 saturated carbocycles. The Balaban J connectivity index is 1.75. The summed E-state index contributed by atoms with van der Waals surface area (Å²) in [7, 11) is 5.44. The topological polar surface area (TPSA) is 42.0 Å². The Hall–Kier alpha value is -1.75. The van der Waals surface area contributed by atoms with Gasteiger partial charge in [-0.1, -0.05) is 13.0 Å². The number of piperidine rings is 1. The van der Waals surface area contributed by atoms with Crippen molar-refractivity contribution in [3.05, 3.63) is 23.8 Å². The lowest BCUT2D eigenvalue weighted by Crippen LogP contribution is -2.68. The zero-order valence-corrected chi connectivity index (χ0v) is 17.5. The number of fused-ring (bicyclic) bond motifs is 1. The number of likely N-dealkylation sites (N-methyl/N-ethyl adjacent to an activating group) is 1. The van der Waals surface area contributed by atoms with E-state index in [1.54, 1.807) is 14.2 Å². The summed E-state index contributed by atoms with van der Waals surface area (Å²) in [5.41, 5.74) is 2.86. The van der Waals surface area contributed by atoms with Gasteiger partial charge in [0.15, 0.2) is 0 Å². The van der Waals surface area contributed by atoms with E-state index in [-0.39, 0.29) is 28.8 Å². The van der Waals surface area contributed by atoms with E-state index in [1.165, 1.54) is 30.6 Å². The zero-order chi connectivity index (χ0) is 19.7. The molecule has 4 aliphatic rings. The van der Waals surface area contributed by atoms with Crippen molar-refractivity contribution in [2.75, 3.05) is 39.3 Å². The predicted molar refractivity (Wildman–Crippen MR) is 109 cm³/mol. The summed E-state index contributed by atoms with van der Waals surface area (Å²) in [6.07, 6.45) is 5.66. The summed E-state index contributed by atoms with van der Waals surface area (Å²) >= 11 is 0. The lowest BCUT2D eigenvalue weighted by Gasteiger charge is -2.60. The van der Waals surface area contributed by atoms with E-state index in [2.05, 4.69) is 42.0 Å². The minimum absolute atomic E-state index is 0.00386. The highest BCUT2D eigenvalue weighted by molar-refractivity contribution is 5.79. The van der Waals surface area contributed by atoms with Crippen molar-refractivity contribution in [1.82, 2.24) is 4.90 Å². The number of hydrogen-bond donors (Lipinski definition) is 0. The van der Waals surface area contributed by atoms with Crippen LogP contribution in [0.1, 0.15) is 44.6 Å². The molecule has 0 amide bonds. The lowest BCUT2D eigenvalue weighted by atomic mass is 9.49. The number of carbonyl (C=O) groups is 1. The van der Waals surface area contributed by atoms with E-state index in [1.807, 2.05) is 0 Å². The number of carbonyl (C=O) groups excluding carboxylic acids is 1. The van der Waals surface area contributed by atoms with Crippen LogP contribution in [0.4, 0.5) is 5.69 Å². The first kappa shape index (κ1) is 18.3. The average molecular weight is 385 g/mol. The van der Waals surface area contributed by atoms with E-state index in [4.69, 9.17) is 9.47 Å². The quantitative estimate of drug-likeness (QED) is 0.749. The van der Waals surface area contributed by atoms with Crippen LogP contribution in [0.15, 0.2) is 18.2 Å². The van der Waals surface area contributed by atoms with Gasteiger partial charge < -0.3 is 14.4 Å². The Bertz CT molecular complexity index is 811. The molecule has 5 heteroatoms. The monoisotopic (exact) mass is 384 g/mol. The maximum Gasteiger partial charge on any atom is 0.310 e. The number of ether oxygens (including phenoxy) is 2. The highest BCUT2D eigenvalue weighted by Crippen LogP contribution is 2.66. The number of nitrogens with zero attached hydrogens (tertiary/aromatic N) is 2. The molecule has 0 radical (unpaired) electrons. The Morgan fingerprint density at radius 1 is 1.25 bits per heavy atom. The molecule has 28 heavy (non-hydrogen) atoms. The normalized spacial score (nSPS) is 38.6. The molecule has 2 saturated heterocycles. The third kappa shape index (κ3) is 2.04. The van der Waals surface area contributed by atoms with Gasteiger partial charge in [0.2, 0.25) is 0 Å². The van der Waals surface area contributed by atoms with Crippen LogP contribution in [0, 0.1) is 11.3 Å². The number of benzene rings is 1. The minimum atomic E-state index is -0.0809. The second-order valence-electron chi connectivity index (χ2n) is 9.32. The molecule has 152 valence electrons. The Labute approximate surface area is 168 Å². The molecule has 1 spiro atoms. The molecule has 5 rings (SSSR count). The fourth-order valence-corrected chi connectivity index (χ4v) is 7.71. The summed E-state index contributed by atoms with van der Waals surface area (Å²) < 4.78 is 10.9. The van der Waals surface area contributed by atoms with Gasteiger partial charge in [0, 0.05) is 30.3 Å². The van der Waals surface area contributed by atoms with E-state index >= 15 is 0 Å². The average Bonchev–Trinajstić information content (AvgIpc) is 3.24. The second kappa shape index (κ2) is 6.12. The van der Waals surface area contributed by atoms with Gasteiger partial charge >= 0.3 is 5.97 Å². The molecule has 3 aliphatic heterocycles. The third-order valence-corrected chi connectivity index (χ3v) is 8.61. The van der Waals surface area contributed by atoms with Crippen LogP contribution in [-0.4, -0.2) is 57.3 Å². The van der Waals surface area contributed by atoms with E-state index in [0.29, 0.717) is 6.04 Å². The maximum atomic E-state index is 13.0. The predicted octanol–water partition coefficient (Wildman–Crippen LogP) is 3.21. The largest absolute Gasteiger partial charge is 0.497 e. The van der Waals surface area contributed by atoms with Gasteiger partial charge in [-0.2, -0.15) is 0 Å². The molecule has 0 bridgehead atoms. The van der Waals surface area contributed by atoms with Crippen molar-refractivity contribution < 1.29 is 14.3 Å². The van der Waals surface area contributed by atoms with Gasteiger partial charge in [-0.15, -0.1) is 0 Å². The van der Waals surface area contributed by atoms with Crippen LogP contribution in [0.3, 0.4) is 0 Å². The molecule has 1 aromatic carbocycles. The van der Waals surface area contributed by atoms with Crippen LogP contribution in [-0.2, 0) is 14.9 Å². The van der Waals surface area contributed by atoms with Crippen LogP contribution >= 0.6 is 0 Å². The third-order valence-electron chi connectivity index (χ3n) is 8.61. The number of methoxy groups -OCH3 is 2. The molecule has 3 heterocycles. The first-order valence-corrected chi connectivity index (χ1v) is 10.8. The molecular formula is C23H32N2O3. The maximum absolute atomic E-state index is 13.0. The molecule has 1 aliphatic carbocycles. The summed E-state index contributed by atoms with van der Waals surface area (Å²) in [5.74, 6) is 0.768. The standard InChI is InChI=1S/C23H32N2O3/c1-5-22-9-6-11-25-12-10-23(21(22)25)17-8-7-15(27-3)13-18(17)24(2)19(23)16(14-22)20(26)28-4/h7-8,13,16,19,21H,5-6,9-12,14H2,1-4H3/t16-,19+,21+,22+,23+/m1/s1. The van der Waals surface area contributed by atoms with Crippen LogP contribution in [0.25, 0.3) is 0 Å². The zero-order valence-electron chi connectivity index (χ0n) is 17.5. The van der Waals surface area contributed by atoms with E-state index in [9.17, 15) is 4.79 Å². The van der Waals surface area contributed by atoms with Crippen molar-refractivity contribution in [2.45, 2.75) is 56.5 Å². The van der Waals surface area contributed by atoms with Crippen LogP contribution < -0.4 is 9.64 Å². The summed E-state index contributed by atoms with van der Waals surface area (Å²) in [6.45, 7) is 4.66. The second-order valence-corrected chi connectivity index (χ2v) is 9.32. The Morgan fingerprint density at radius 2 is 2.07 bits per heavy atom. The van der Waals surface area contributed by atoms with Gasteiger partial charge in [0.05, 0.1) is 26.2 Å². The Morgan fingerprint density at radius 3 is 2.79 bits per heavy atom. The molecule has 5 atom stereocenters. The summed E-state index contributed by atoms with van der Waals surface area (Å²) in [5, 5.41) is 0. The fourth-order valence-electron chi connectivity index (χ4n) is 7.71. The number of anilines is 1. The minimum Gasteiger partial charge on any atom is -0.497 e. The van der Waals surface area contributed by atoms with Crippen LogP contribution in [0.5, 0.6) is 5.75 Å². The van der Waals surface area contributed by atoms with Crippen molar-refractivity contribution in [2.24, 2.45) is 11.3 Å². The number of rotatable bonds is 3. The molecular weight excluding hydrogens is 352 g/mol. The first-order valence-electron chi connectivity index (χ1n) is 10.8. The van der Waals surface area contributed by atoms with Crippen molar-refractivity contribution in [3.63, 3.8) is 0 Å². The van der Waals surface area contributed by atoms with Gasteiger partial charge in [-0.25, -0.2) is 0 Å². The number of esters is 1. The SMILES string of the molecule is CC[C@]12CCCN3CC[C@@]4(c5ccc(OC)cc5N(C)[C@H]4[C@H](C(=O)OC)C1)[C@@H]32. The molecule has 5 nitrogen and oxygen atoms in total. The fraction of sp³-hybridized carbons (Fsp3) is 0.696. The van der Waals surface area contributed by atoms with Gasteiger partial charge in [0.1, 0.15) is 5.75 Å². The van der Waals surface area contributed by atoms with Gasteiger partial charge in [-0.3, -0.25) is 9.69 Å². The number of hydrogen-bond acceptors (Lipinski definition) is 5. The van der Waals surface area contributed by atoms with Crippen molar-refractivity contribution in [1.29, 1.82) is 0 Å². The van der Waals surface area contributed by atoms with Gasteiger partial charge in [-0.05, 0) is 62.2 Å². The van der Waals surface area contributed by atoms with Crippen LogP contribution in [0.2, 0.25) is 0 Å². The smallest absolute Gasteiger partial charge is 0.310 e. The molecule has 0 N–H and O–H groups in total. The summed E-state index contributed by atoms with van der Waals surface area (Å²) in [6, 6.07) is 7.22. The van der Waals surface area contributed by atoms with E-state index in [0.717, 1.165) is 31.6 Å². The highest BCUT2D eigenvalue weighted by atomic mass is 16.5. The van der Waals surface area contributed by atoms with Gasteiger partial charge in [0.25, 0.3) is 0 Å².